The van der Waals surface area contributed by atoms with Gasteiger partial charge in [0.05, 0.1) is 0 Å². The third-order valence-electron chi connectivity index (χ3n) is 3.99. The molecule has 2 aromatic rings. The number of carbonyl (C=O) groups excluding carboxylic acids is 1. The van der Waals surface area contributed by atoms with Crippen molar-refractivity contribution in [2.45, 2.75) is 52.7 Å². The third kappa shape index (κ3) is 5.12. The molecule has 0 spiro atoms. The molecule has 0 bridgehead atoms. The smallest absolute Gasteiger partial charge is 0.261 e. The molecule has 128 valence electrons. The summed E-state index contributed by atoms with van der Waals surface area (Å²) in [5.74, 6) is 0.594. The summed E-state index contributed by atoms with van der Waals surface area (Å²) in [6, 6.07) is 16.1. The zero-order valence-corrected chi connectivity index (χ0v) is 15.2. The van der Waals surface area contributed by atoms with Crippen molar-refractivity contribution < 1.29 is 9.53 Å². The topological polar surface area (TPSA) is 38.3 Å². The van der Waals surface area contributed by atoms with Crippen LogP contribution in [-0.4, -0.2) is 12.0 Å². The van der Waals surface area contributed by atoms with E-state index in [9.17, 15) is 4.79 Å². The average Bonchev–Trinajstić information content (AvgIpc) is 2.53. The van der Waals surface area contributed by atoms with Crippen LogP contribution in [0.15, 0.2) is 48.5 Å². The lowest BCUT2D eigenvalue weighted by Crippen LogP contribution is -2.35. The molecule has 2 aromatic carbocycles. The van der Waals surface area contributed by atoms with Crippen LogP contribution in [0.2, 0.25) is 0 Å². The van der Waals surface area contributed by atoms with Gasteiger partial charge in [-0.15, -0.1) is 0 Å². The average molecular weight is 325 g/mol. The number of nitrogens with one attached hydrogen (secondary N) is 1. The molecule has 0 saturated carbocycles. The summed E-state index contributed by atoms with van der Waals surface area (Å²) in [7, 11) is 0. The summed E-state index contributed by atoms with van der Waals surface area (Å²) in [5.41, 5.74) is 3.64. The Bertz CT molecular complexity index is 666. The summed E-state index contributed by atoms with van der Waals surface area (Å²) in [6.45, 7) is 10.8. The lowest BCUT2D eigenvalue weighted by Gasteiger charge is -2.20. The second-order valence-corrected chi connectivity index (χ2v) is 7.24. The van der Waals surface area contributed by atoms with E-state index < -0.39 is 6.10 Å². The highest BCUT2D eigenvalue weighted by atomic mass is 16.5. The number of amides is 1. The van der Waals surface area contributed by atoms with E-state index in [0.717, 1.165) is 5.56 Å². The fourth-order valence-corrected chi connectivity index (χ4v) is 2.33. The first-order valence-corrected chi connectivity index (χ1v) is 8.36. The van der Waals surface area contributed by atoms with Crippen LogP contribution in [0.3, 0.4) is 0 Å². The number of rotatable bonds is 5. The molecule has 0 aliphatic heterocycles. The van der Waals surface area contributed by atoms with E-state index >= 15 is 0 Å². The SMILES string of the molecule is Cc1ccc(CNC(=O)[C@@H](C)Oc2ccc(C(C)(C)C)cc2)cc1. The van der Waals surface area contributed by atoms with Gasteiger partial charge in [0.25, 0.3) is 5.91 Å². The standard InChI is InChI=1S/C21H27NO2/c1-15-6-8-17(9-7-15)14-22-20(23)16(2)24-19-12-10-18(11-13-19)21(3,4)5/h6-13,16H,14H2,1-5H3,(H,22,23)/t16-/m1/s1. The van der Waals surface area contributed by atoms with Gasteiger partial charge >= 0.3 is 0 Å². The van der Waals surface area contributed by atoms with Crippen molar-refractivity contribution in [3.8, 4) is 5.75 Å². The fraction of sp³-hybridized carbons (Fsp3) is 0.381. The van der Waals surface area contributed by atoms with Crippen LogP contribution >= 0.6 is 0 Å². The zero-order valence-electron chi connectivity index (χ0n) is 15.2. The number of hydrogen-bond donors (Lipinski definition) is 1. The summed E-state index contributed by atoms with van der Waals surface area (Å²) < 4.78 is 5.74. The molecular formula is C21H27NO2. The van der Waals surface area contributed by atoms with Gasteiger partial charge in [0.1, 0.15) is 5.75 Å². The number of carbonyl (C=O) groups is 1. The van der Waals surface area contributed by atoms with Gasteiger partial charge in [-0.05, 0) is 42.5 Å². The molecule has 0 radical (unpaired) electrons. The maximum atomic E-state index is 12.2. The van der Waals surface area contributed by atoms with Gasteiger partial charge in [-0.2, -0.15) is 0 Å². The van der Waals surface area contributed by atoms with Crippen molar-refractivity contribution >= 4 is 5.91 Å². The van der Waals surface area contributed by atoms with Crippen LogP contribution in [0.25, 0.3) is 0 Å². The Morgan fingerprint density at radius 3 is 2.17 bits per heavy atom. The van der Waals surface area contributed by atoms with Crippen molar-refractivity contribution in [2.75, 3.05) is 0 Å². The minimum absolute atomic E-state index is 0.107. The van der Waals surface area contributed by atoms with E-state index in [1.807, 2.05) is 55.5 Å². The first kappa shape index (κ1) is 18.1. The summed E-state index contributed by atoms with van der Waals surface area (Å²) in [5, 5.41) is 2.91. The first-order valence-electron chi connectivity index (χ1n) is 8.36. The van der Waals surface area contributed by atoms with Crippen LogP contribution in [-0.2, 0) is 16.8 Å². The van der Waals surface area contributed by atoms with Crippen LogP contribution in [0.4, 0.5) is 0 Å². The highest BCUT2D eigenvalue weighted by Crippen LogP contribution is 2.24. The van der Waals surface area contributed by atoms with Gasteiger partial charge in [0.15, 0.2) is 6.10 Å². The predicted octanol–water partition coefficient (Wildman–Crippen LogP) is 4.38. The van der Waals surface area contributed by atoms with E-state index in [-0.39, 0.29) is 11.3 Å². The van der Waals surface area contributed by atoms with Crippen LogP contribution < -0.4 is 10.1 Å². The van der Waals surface area contributed by atoms with Gasteiger partial charge in [-0.25, -0.2) is 0 Å². The number of hydrogen-bond acceptors (Lipinski definition) is 2. The monoisotopic (exact) mass is 325 g/mol. The van der Waals surface area contributed by atoms with Crippen molar-refractivity contribution in [2.24, 2.45) is 0 Å². The molecule has 0 heterocycles. The predicted molar refractivity (Wildman–Crippen MR) is 98.3 cm³/mol. The summed E-state index contributed by atoms with van der Waals surface area (Å²) in [6.07, 6.45) is -0.532. The Morgan fingerprint density at radius 1 is 1.04 bits per heavy atom. The van der Waals surface area contributed by atoms with Gasteiger partial charge < -0.3 is 10.1 Å². The van der Waals surface area contributed by atoms with E-state index in [1.54, 1.807) is 6.92 Å². The summed E-state index contributed by atoms with van der Waals surface area (Å²) >= 11 is 0. The molecule has 0 aliphatic carbocycles. The quantitative estimate of drug-likeness (QED) is 0.886. The van der Waals surface area contributed by atoms with Gasteiger partial charge in [0, 0.05) is 6.54 Å². The van der Waals surface area contributed by atoms with Crippen molar-refractivity contribution in [3.63, 3.8) is 0 Å². The van der Waals surface area contributed by atoms with Crippen molar-refractivity contribution in [1.82, 2.24) is 5.32 Å². The maximum Gasteiger partial charge on any atom is 0.261 e. The zero-order chi connectivity index (χ0) is 17.7. The molecule has 3 nitrogen and oxygen atoms in total. The van der Waals surface area contributed by atoms with E-state index in [1.165, 1.54) is 11.1 Å². The molecule has 0 unspecified atom stereocenters. The minimum Gasteiger partial charge on any atom is -0.481 e. The molecule has 0 aromatic heterocycles. The Kier molecular flexibility index (Phi) is 5.66. The molecule has 0 fully saturated rings. The summed E-state index contributed by atoms with van der Waals surface area (Å²) in [4.78, 5) is 12.2. The van der Waals surface area contributed by atoms with Crippen LogP contribution in [0.1, 0.15) is 44.4 Å². The van der Waals surface area contributed by atoms with E-state index in [0.29, 0.717) is 12.3 Å². The molecular weight excluding hydrogens is 298 g/mol. The van der Waals surface area contributed by atoms with Crippen molar-refractivity contribution in [3.05, 3.63) is 65.2 Å². The van der Waals surface area contributed by atoms with Crippen LogP contribution in [0, 0.1) is 6.92 Å². The van der Waals surface area contributed by atoms with Gasteiger partial charge in [0.2, 0.25) is 0 Å². The second kappa shape index (κ2) is 7.52. The molecule has 0 saturated heterocycles. The highest BCUT2D eigenvalue weighted by Gasteiger charge is 2.16. The Labute approximate surface area is 145 Å². The minimum atomic E-state index is -0.532. The molecule has 24 heavy (non-hydrogen) atoms. The number of benzene rings is 2. The lowest BCUT2D eigenvalue weighted by atomic mass is 9.87. The molecule has 0 aliphatic rings. The largest absolute Gasteiger partial charge is 0.481 e. The van der Waals surface area contributed by atoms with E-state index in [2.05, 4.69) is 26.1 Å². The third-order valence-corrected chi connectivity index (χ3v) is 3.99. The van der Waals surface area contributed by atoms with Crippen molar-refractivity contribution in [1.29, 1.82) is 0 Å². The Hall–Kier alpha value is -2.29. The van der Waals surface area contributed by atoms with Gasteiger partial charge in [-0.1, -0.05) is 62.7 Å². The fourth-order valence-electron chi connectivity index (χ4n) is 2.33. The lowest BCUT2D eigenvalue weighted by molar-refractivity contribution is -0.127. The molecule has 2 rings (SSSR count). The Balaban J connectivity index is 1.88. The second-order valence-electron chi connectivity index (χ2n) is 7.24. The number of ether oxygens (including phenoxy) is 1. The van der Waals surface area contributed by atoms with Gasteiger partial charge in [-0.3, -0.25) is 4.79 Å². The van der Waals surface area contributed by atoms with Crippen LogP contribution in [0.5, 0.6) is 5.75 Å². The number of aryl methyl sites for hydroxylation is 1. The highest BCUT2D eigenvalue weighted by molar-refractivity contribution is 5.80. The molecule has 1 amide bonds. The first-order chi connectivity index (χ1) is 11.3. The molecule has 1 N–H and O–H groups in total. The van der Waals surface area contributed by atoms with E-state index in [4.69, 9.17) is 4.74 Å². The normalized spacial score (nSPS) is 12.5. The Morgan fingerprint density at radius 2 is 1.62 bits per heavy atom. The molecule has 1 atom stereocenters. The maximum absolute atomic E-state index is 12.2. The molecule has 3 heteroatoms.